The van der Waals surface area contributed by atoms with Crippen LogP contribution in [0.4, 0.5) is 0 Å². The largest absolute Gasteiger partial charge is 0.339 e. The van der Waals surface area contributed by atoms with Crippen molar-refractivity contribution in [3.8, 4) is 16.9 Å². The summed E-state index contributed by atoms with van der Waals surface area (Å²) in [7, 11) is 1.62. The minimum absolute atomic E-state index is 0.156. The zero-order valence-electron chi connectivity index (χ0n) is 18.8. The fraction of sp³-hybridized carbons (Fsp3) is 0.250. The topological polar surface area (TPSA) is 103 Å². The average Bonchev–Trinajstić information content (AvgIpc) is 3.52. The number of nitrogens with one attached hydrogen (secondary N) is 2. The molecule has 0 saturated carbocycles. The third kappa shape index (κ3) is 3.50. The molecule has 0 aliphatic carbocycles. The molecule has 5 aromatic rings. The molecule has 6 rings (SSSR count). The summed E-state index contributed by atoms with van der Waals surface area (Å²) in [6, 6.07) is 7.10. The maximum atomic E-state index is 13.5. The number of piperidine rings is 1. The Balaban J connectivity index is 1.53. The minimum Gasteiger partial charge on any atom is -0.339 e. The molecule has 0 radical (unpaired) electrons. The zero-order valence-corrected chi connectivity index (χ0v) is 20.3. The second-order valence-electron chi connectivity index (χ2n) is 8.71. The number of benzene rings is 1. The number of aromatic amines is 1. The van der Waals surface area contributed by atoms with Gasteiger partial charge in [-0.1, -0.05) is 29.3 Å². The molecule has 5 heterocycles. The molecule has 1 saturated heterocycles. The van der Waals surface area contributed by atoms with Crippen LogP contribution >= 0.6 is 23.2 Å². The van der Waals surface area contributed by atoms with E-state index < -0.39 is 11.2 Å². The molecule has 4 aromatic heterocycles. The van der Waals surface area contributed by atoms with Crippen molar-refractivity contribution in [2.45, 2.75) is 18.9 Å². The highest BCUT2D eigenvalue weighted by Crippen LogP contribution is 2.30. The van der Waals surface area contributed by atoms with Crippen LogP contribution in [-0.4, -0.2) is 42.0 Å². The molecule has 1 aliphatic rings. The Bertz CT molecular complexity index is 1700. The van der Waals surface area contributed by atoms with Gasteiger partial charge in [-0.05, 0) is 44.1 Å². The van der Waals surface area contributed by atoms with Gasteiger partial charge >= 0.3 is 5.69 Å². The van der Waals surface area contributed by atoms with Crippen molar-refractivity contribution in [3.05, 3.63) is 73.7 Å². The first-order valence-electron chi connectivity index (χ1n) is 11.3. The monoisotopic (exact) mass is 509 g/mol. The van der Waals surface area contributed by atoms with Crippen molar-refractivity contribution in [3.63, 3.8) is 0 Å². The number of halogens is 2. The second-order valence-corrected chi connectivity index (χ2v) is 9.52. The van der Waals surface area contributed by atoms with Gasteiger partial charge in [-0.2, -0.15) is 5.10 Å². The number of aromatic nitrogens is 6. The highest BCUT2D eigenvalue weighted by molar-refractivity contribution is 6.37. The fourth-order valence-corrected chi connectivity index (χ4v) is 5.40. The summed E-state index contributed by atoms with van der Waals surface area (Å²) in [5.41, 5.74) is 1.86. The lowest BCUT2D eigenvalue weighted by Crippen LogP contribution is -2.38. The van der Waals surface area contributed by atoms with E-state index >= 15 is 0 Å². The van der Waals surface area contributed by atoms with E-state index in [1.54, 1.807) is 25.2 Å². The summed E-state index contributed by atoms with van der Waals surface area (Å²) >= 11 is 12.6. The Morgan fingerprint density at radius 2 is 1.80 bits per heavy atom. The minimum atomic E-state index is -0.550. The highest BCUT2D eigenvalue weighted by atomic mass is 35.5. The number of H-pyrrole nitrogens is 1. The van der Waals surface area contributed by atoms with Crippen LogP contribution in [0.2, 0.25) is 10.0 Å². The SMILES string of the molecule is Cn1c(=O)n(-c2c(Cl)cccc2Cl)c(=O)c2cnc3[nH]c(-c4cnn(C5CCNCC5)c4)cc3c21. The molecule has 0 bridgehead atoms. The molecule has 11 heteroatoms. The quantitative estimate of drug-likeness (QED) is 0.386. The maximum absolute atomic E-state index is 13.5. The van der Waals surface area contributed by atoms with Gasteiger partial charge in [-0.15, -0.1) is 0 Å². The van der Waals surface area contributed by atoms with Gasteiger partial charge in [-0.3, -0.25) is 14.0 Å². The Morgan fingerprint density at radius 1 is 1.06 bits per heavy atom. The van der Waals surface area contributed by atoms with Crippen molar-refractivity contribution in [2.24, 2.45) is 7.05 Å². The molecule has 0 spiro atoms. The molecule has 35 heavy (non-hydrogen) atoms. The average molecular weight is 510 g/mol. The first-order chi connectivity index (χ1) is 16.9. The van der Waals surface area contributed by atoms with Gasteiger partial charge in [0.1, 0.15) is 5.65 Å². The Morgan fingerprint density at radius 3 is 2.54 bits per heavy atom. The summed E-state index contributed by atoms with van der Waals surface area (Å²) < 4.78 is 4.43. The number of para-hydroxylation sites is 1. The van der Waals surface area contributed by atoms with Gasteiger partial charge in [0.15, 0.2) is 0 Å². The van der Waals surface area contributed by atoms with E-state index in [0.717, 1.165) is 41.8 Å². The maximum Gasteiger partial charge on any atom is 0.335 e. The van der Waals surface area contributed by atoms with Crippen LogP contribution in [0.1, 0.15) is 18.9 Å². The lowest BCUT2D eigenvalue weighted by atomic mass is 10.1. The Kier molecular flexibility index (Phi) is 5.28. The Hall–Kier alpha value is -3.40. The molecular formula is C24H21Cl2N7O2. The first kappa shape index (κ1) is 22.1. The van der Waals surface area contributed by atoms with E-state index in [9.17, 15) is 9.59 Å². The van der Waals surface area contributed by atoms with Crippen LogP contribution in [-0.2, 0) is 7.05 Å². The van der Waals surface area contributed by atoms with Crippen LogP contribution in [0.25, 0.3) is 38.9 Å². The van der Waals surface area contributed by atoms with Gasteiger partial charge in [-0.25, -0.2) is 14.3 Å². The summed E-state index contributed by atoms with van der Waals surface area (Å²) in [6.45, 7) is 1.96. The number of fused-ring (bicyclic) bond motifs is 3. The van der Waals surface area contributed by atoms with Crippen LogP contribution in [0.3, 0.4) is 0 Å². The highest BCUT2D eigenvalue weighted by Gasteiger charge is 2.21. The number of nitrogens with zero attached hydrogens (tertiary/aromatic N) is 5. The van der Waals surface area contributed by atoms with Gasteiger partial charge in [0.2, 0.25) is 0 Å². The molecular weight excluding hydrogens is 489 g/mol. The lowest BCUT2D eigenvalue weighted by Gasteiger charge is -2.22. The molecule has 9 nitrogen and oxygen atoms in total. The number of aryl methyl sites for hydroxylation is 1. The van der Waals surface area contributed by atoms with E-state index in [1.807, 2.05) is 23.1 Å². The third-order valence-electron chi connectivity index (χ3n) is 6.63. The molecule has 1 aliphatic heterocycles. The number of hydrogen-bond donors (Lipinski definition) is 2. The molecule has 1 aromatic carbocycles. The van der Waals surface area contributed by atoms with Crippen LogP contribution < -0.4 is 16.6 Å². The van der Waals surface area contributed by atoms with Gasteiger partial charge in [0.05, 0.1) is 44.6 Å². The molecule has 2 N–H and O–H groups in total. The van der Waals surface area contributed by atoms with E-state index in [4.69, 9.17) is 23.2 Å². The Labute approximate surface area is 208 Å². The predicted molar refractivity (Wildman–Crippen MR) is 137 cm³/mol. The van der Waals surface area contributed by atoms with Gasteiger partial charge in [0.25, 0.3) is 5.56 Å². The number of rotatable bonds is 3. The van der Waals surface area contributed by atoms with E-state index in [2.05, 4.69) is 20.4 Å². The summed E-state index contributed by atoms with van der Waals surface area (Å²) in [5.74, 6) is 0. The van der Waals surface area contributed by atoms with Crippen LogP contribution in [0.15, 0.2) is 52.4 Å². The van der Waals surface area contributed by atoms with Gasteiger partial charge < -0.3 is 10.3 Å². The lowest BCUT2D eigenvalue weighted by molar-refractivity contribution is 0.343. The predicted octanol–water partition coefficient (Wildman–Crippen LogP) is 3.66. The number of hydrogen-bond acceptors (Lipinski definition) is 5. The van der Waals surface area contributed by atoms with Crippen molar-refractivity contribution in [2.75, 3.05) is 13.1 Å². The molecule has 1 fully saturated rings. The molecule has 0 amide bonds. The van der Waals surface area contributed by atoms with Crippen molar-refractivity contribution in [1.29, 1.82) is 0 Å². The summed E-state index contributed by atoms with van der Waals surface area (Å²) in [4.78, 5) is 34.6. The molecule has 0 unspecified atom stereocenters. The van der Waals surface area contributed by atoms with E-state index in [1.165, 1.54) is 10.8 Å². The van der Waals surface area contributed by atoms with Gasteiger partial charge in [0, 0.05) is 30.4 Å². The molecule has 178 valence electrons. The normalized spacial score (nSPS) is 14.8. The first-order valence-corrected chi connectivity index (χ1v) is 12.0. The van der Waals surface area contributed by atoms with Crippen molar-refractivity contribution >= 4 is 45.1 Å². The second kappa shape index (κ2) is 8.37. The fourth-order valence-electron chi connectivity index (χ4n) is 4.84. The van der Waals surface area contributed by atoms with Crippen molar-refractivity contribution in [1.82, 2.24) is 34.2 Å². The van der Waals surface area contributed by atoms with Crippen LogP contribution in [0, 0.1) is 0 Å². The standard InChI is InChI=1S/C24H21Cl2N7O2/c1-31-20-15-9-19(13-10-29-32(12-13)14-5-7-27-8-6-14)30-22(15)28-11-16(20)23(34)33(24(31)35)21-17(25)3-2-4-18(21)26/h2-4,9-12,14,27H,5-8H2,1H3,(H,28,30). The zero-order chi connectivity index (χ0) is 24.3. The number of pyridine rings is 1. The third-order valence-corrected chi connectivity index (χ3v) is 7.24. The van der Waals surface area contributed by atoms with E-state index in [0.29, 0.717) is 22.6 Å². The van der Waals surface area contributed by atoms with Crippen molar-refractivity contribution < 1.29 is 0 Å². The summed E-state index contributed by atoms with van der Waals surface area (Å²) in [5, 5.41) is 9.31. The van der Waals surface area contributed by atoms with E-state index in [-0.39, 0.29) is 21.1 Å². The smallest absolute Gasteiger partial charge is 0.335 e. The van der Waals surface area contributed by atoms with Crippen LogP contribution in [0.5, 0.6) is 0 Å². The molecule has 0 atom stereocenters. The summed E-state index contributed by atoms with van der Waals surface area (Å²) in [6.07, 6.45) is 7.38.